The maximum absolute atomic E-state index is 11.2. The summed E-state index contributed by atoms with van der Waals surface area (Å²) < 4.78 is 0. The zero-order valence-corrected chi connectivity index (χ0v) is 9.05. The molecule has 1 aromatic rings. The molecule has 1 rings (SSSR count). The topological polar surface area (TPSA) is 58.2 Å². The van der Waals surface area contributed by atoms with E-state index >= 15 is 0 Å². The fourth-order valence-corrected chi connectivity index (χ4v) is 1.35. The van der Waals surface area contributed by atoms with E-state index < -0.39 is 11.8 Å². The Morgan fingerprint density at radius 1 is 1.00 bits per heavy atom. The molecule has 4 nitrogen and oxygen atoms in total. The zero-order chi connectivity index (χ0) is 11.4. The lowest BCUT2D eigenvalue weighted by Gasteiger charge is -2.06. The van der Waals surface area contributed by atoms with Crippen LogP contribution in [-0.2, 0) is 9.59 Å². The van der Waals surface area contributed by atoms with Gasteiger partial charge in [0.25, 0.3) is 0 Å². The van der Waals surface area contributed by atoms with E-state index in [4.69, 9.17) is 0 Å². The Balaban J connectivity index is 2.81. The molecule has 0 spiro atoms. The van der Waals surface area contributed by atoms with Gasteiger partial charge in [-0.25, -0.2) is 0 Å². The summed E-state index contributed by atoms with van der Waals surface area (Å²) in [5.74, 6) is -1.29. The quantitative estimate of drug-likeness (QED) is 0.673. The van der Waals surface area contributed by atoms with Crippen LogP contribution in [0.25, 0.3) is 0 Å². The van der Waals surface area contributed by atoms with Crippen LogP contribution in [0.3, 0.4) is 0 Å². The lowest BCUT2D eigenvalue weighted by Crippen LogP contribution is -2.32. The van der Waals surface area contributed by atoms with E-state index in [9.17, 15) is 9.59 Å². The zero-order valence-electron chi connectivity index (χ0n) is 9.05. The molecule has 0 aliphatic carbocycles. The molecule has 0 fully saturated rings. The number of aryl methyl sites for hydroxylation is 2. The maximum Gasteiger partial charge on any atom is 0.313 e. The number of nitrogens with one attached hydrogen (secondary N) is 2. The van der Waals surface area contributed by atoms with Crippen molar-refractivity contribution in [3.63, 3.8) is 0 Å². The second-order valence-electron chi connectivity index (χ2n) is 3.41. The Kier molecular flexibility index (Phi) is 3.44. The highest BCUT2D eigenvalue weighted by atomic mass is 16.2. The first-order valence-electron chi connectivity index (χ1n) is 4.64. The molecule has 15 heavy (non-hydrogen) atoms. The van der Waals surface area contributed by atoms with Crippen LogP contribution in [0, 0.1) is 13.8 Å². The van der Waals surface area contributed by atoms with Crippen LogP contribution in [0.2, 0.25) is 0 Å². The van der Waals surface area contributed by atoms with E-state index in [0.29, 0.717) is 5.69 Å². The average Bonchev–Trinajstić information content (AvgIpc) is 2.14. The second kappa shape index (κ2) is 4.59. The van der Waals surface area contributed by atoms with E-state index in [1.807, 2.05) is 32.0 Å². The van der Waals surface area contributed by atoms with Crippen molar-refractivity contribution in [1.29, 1.82) is 0 Å². The molecule has 0 aliphatic heterocycles. The number of hydrogen-bond acceptors (Lipinski definition) is 2. The number of carbonyl (C=O) groups excluding carboxylic acids is 2. The molecule has 2 amide bonds. The van der Waals surface area contributed by atoms with Gasteiger partial charge in [-0.1, -0.05) is 6.07 Å². The van der Waals surface area contributed by atoms with Gasteiger partial charge < -0.3 is 10.6 Å². The number of anilines is 1. The predicted molar refractivity (Wildman–Crippen MR) is 58.6 cm³/mol. The van der Waals surface area contributed by atoms with Crippen molar-refractivity contribution in [3.8, 4) is 0 Å². The number of carbonyl (C=O) groups is 2. The van der Waals surface area contributed by atoms with Crippen molar-refractivity contribution >= 4 is 17.5 Å². The minimum atomic E-state index is -0.650. The third kappa shape index (κ3) is 3.09. The highest BCUT2D eigenvalue weighted by Crippen LogP contribution is 2.13. The first kappa shape index (κ1) is 11.2. The fourth-order valence-electron chi connectivity index (χ4n) is 1.35. The molecular formula is C11H14N2O2. The van der Waals surface area contributed by atoms with Gasteiger partial charge in [0.15, 0.2) is 0 Å². The molecule has 0 unspecified atom stereocenters. The van der Waals surface area contributed by atoms with Gasteiger partial charge in [-0.15, -0.1) is 0 Å². The first-order valence-corrected chi connectivity index (χ1v) is 4.64. The molecule has 0 saturated heterocycles. The van der Waals surface area contributed by atoms with Crippen molar-refractivity contribution in [2.75, 3.05) is 12.4 Å². The SMILES string of the molecule is CNC(=O)C(=O)Nc1cc(C)cc(C)c1. The third-order valence-corrected chi connectivity index (χ3v) is 1.91. The molecule has 80 valence electrons. The van der Waals surface area contributed by atoms with Crippen LogP contribution < -0.4 is 10.6 Å². The van der Waals surface area contributed by atoms with E-state index in [1.165, 1.54) is 7.05 Å². The Labute approximate surface area is 88.7 Å². The molecule has 1 aromatic carbocycles. The molecule has 2 N–H and O–H groups in total. The number of benzene rings is 1. The minimum Gasteiger partial charge on any atom is -0.351 e. The summed E-state index contributed by atoms with van der Waals surface area (Å²) in [7, 11) is 1.42. The van der Waals surface area contributed by atoms with Crippen molar-refractivity contribution in [2.45, 2.75) is 13.8 Å². The highest BCUT2D eigenvalue weighted by Gasteiger charge is 2.11. The van der Waals surface area contributed by atoms with E-state index in [1.54, 1.807) is 0 Å². The van der Waals surface area contributed by atoms with Crippen LogP contribution in [0.4, 0.5) is 5.69 Å². The molecule has 0 atom stereocenters. The lowest BCUT2D eigenvalue weighted by atomic mass is 10.1. The number of likely N-dealkylation sites (N-methyl/N-ethyl adjacent to an activating group) is 1. The fraction of sp³-hybridized carbons (Fsp3) is 0.273. The number of hydrogen-bond donors (Lipinski definition) is 2. The molecule has 0 heterocycles. The lowest BCUT2D eigenvalue weighted by molar-refractivity contribution is -0.135. The Bertz CT molecular complexity index is 379. The van der Waals surface area contributed by atoms with Crippen LogP contribution in [0.15, 0.2) is 18.2 Å². The van der Waals surface area contributed by atoms with Crippen LogP contribution in [-0.4, -0.2) is 18.9 Å². The summed E-state index contributed by atoms with van der Waals surface area (Å²) in [4.78, 5) is 22.2. The number of amides is 2. The summed E-state index contributed by atoms with van der Waals surface area (Å²) in [6, 6.07) is 5.62. The smallest absolute Gasteiger partial charge is 0.313 e. The van der Waals surface area contributed by atoms with Gasteiger partial charge in [0, 0.05) is 12.7 Å². The van der Waals surface area contributed by atoms with Gasteiger partial charge in [-0.3, -0.25) is 9.59 Å². The summed E-state index contributed by atoms with van der Waals surface area (Å²) >= 11 is 0. The third-order valence-electron chi connectivity index (χ3n) is 1.91. The van der Waals surface area contributed by atoms with E-state index in [-0.39, 0.29) is 0 Å². The van der Waals surface area contributed by atoms with E-state index in [0.717, 1.165) is 11.1 Å². The van der Waals surface area contributed by atoms with Crippen LogP contribution in [0.5, 0.6) is 0 Å². The normalized spacial score (nSPS) is 9.53. The number of rotatable bonds is 1. The van der Waals surface area contributed by atoms with Crippen molar-refractivity contribution < 1.29 is 9.59 Å². The molecule has 0 saturated carbocycles. The Hall–Kier alpha value is -1.84. The van der Waals surface area contributed by atoms with Gasteiger partial charge in [0.2, 0.25) is 0 Å². The van der Waals surface area contributed by atoms with Crippen LogP contribution in [0.1, 0.15) is 11.1 Å². The summed E-state index contributed by atoms with van der Waals surface area (Å²) in [6.07, 6.45) is 0. The standard InChI is InChI=1S/C11H14N2O2/c1-7-4-8(2)6-9(5-7)13-11(15)10(14)12-3/h4-6H,1-3H3,(H,12,14)(H,13,15). The van der Waals surface area contributed by atoms with Crippen molar-refractivity contribution in [3.05, 3.63) is 29.3 Å². The first-order chi connectivity index (χ1) is 7.02. The predicted octanol–water partition coefficient (Wildman–Crippen LogP) is 0.988. The van der Waals surface area contributed by atoms with Crippen molar-refractivity contribution in [2.24, 2.45) is 0 Å². The molecule has 0 aliphatic rings. The Morgan fingerprint density at radius 3 is 2.00 bits per heavy atom. The summed E-state index contributed by atoms with van der Waals surface area (Å²) in [5, 5.41) is 4.79. The van der Waals surface area contributed by atoms with Crippen LogP contribution >= 0.6 is 0 Å². The van der Waals surface area contributed by atoms with Gasteiger partial charge in [0.1, 0.15) is 0 Å². The largest absolute Gasteiger partial charge is 0.351 e. The molecule has 0 bridgehead atoms. The minimum absolute atomic E-state index is 0.640. The second-order valence-corrected chi connectivity index (χ2v) is 3.41. The summed E-state index contributed by atoms with van der Waals surface area (Å²) in [6.45, 7) is 3.87. The van der Waals surface area contributed by atoms with Crippen molar-refractivity contribution in [1.82, 2.24) is 5.32 Å². The Morgan fingerprint density at radius 2 is 1.53 bits per heavy atom. The van der Waals surface area contributed by atoms with Gasteiger partial charge >= 0.3 is 11.8 Å². The molecule has 4 heteroatoms. The summed E-state index contributed by atoms with van der Waals surface area (Å²) in [5.41, 5.74) is 2.73. The maximum atomic E-state index is 11.2. The highest BCUT2D eigenvalue weighted by molar-refractivity contribution is 6.39. The van der Waals surface area contributed by atoms with Gasteiger partial charge in [0.05, 0.1) is 0 Å². The average molecular weight is 206 g/mol. The molecule has 0 aromatic heterocycles. The monoisotopic (exact) mass is 206 g/mol. The van der Waals surface area contributed by atoms with Gasteiger partial charge in [-0.2, -0.15) is 0 Å². The molecule has 0 radical (unpaired) electrons. The van der Waals surface area contributed by atoms with Gasteiger partial charge in [-0.05, 0) is 37.1 Å². The molecular weight excluding hydrogens is 192 g/mol. The van der Waals surface area contributed by atoms with E-state index in [2.05, 4.69) is 10.6 Å².